The van der Waals surface area contributed by atoms with E-state index in [0.717, 1.165) is 28.3 Å². The summed E-state index contributed by atoms with van der Waals surface area (Å²) < 4.78 is 21.9. The van der Waals surface area contributed by atoms with Gasteiger partial charge in [0.1, 0.15) is 16.9 Å². The molecule has 0 aliphatic carbocycles. The van der Waals surface area contributed by atoms with E-state index in [1.807, 2.05) is 18.2 Å². The maximum atomic E-state index is 13.5. The fourth-order valence-corrected chi connectivity index (χ4v) is 3.02. The van der Waals surface area contributed by atoms with Crippen LogP contribution in [-0.2, 0) is 11.3 Å². The molecule has 0 spiro atoms. The third-order valence-electron chi connectivity index (χ3n) is 3.91. The van der Waals surface area contributed by atoms with E-state index in [9.17, 15) is 14.0 Å². The first-order chi connectivity index (χ1) is 12.5. The zero-order valence-corrected chi connectivity index (χ0v) is 14.9. The summed E-state index contributed by atoms with van der Waals surface area (Å²) in [5.41, 5.74) is 2.57. The highest BCUT2D eigenvalue weighted by atomic mass is 32.1. The second-order valence-corrected chi connectivity index (χ2v) is 6.35. The van der Waals surface area contributed by atoms with Gasteiger partial charge in [0.05, 0.1) is 17.3 Å². The van der Waals surface area contributed by atoms with Crippen LogP contribution in [0.15, 0.2) is 42.5 Å². The van der Waals surface area contributed by atoms with Crippen molar-refractivity contribution in [2.45, 2.75) is 13.0 Å². The lowest BCUT2D eigenvalue weighted by Crippen LogP contribution is -2.32. The standard InChI is InChI=1S/C18H17FN4O2S/c1-23(11-12-6-7-15-16(10-12)22-26-21-15)17(24)8-9-20-18(25)13-4-2-3-5-14(13)19/h2-7,10H,8-9,11H2,1H3,(H,20,25). The Hall–Kier alpha value is -2.87. The zero-order valence-electron chi connectivity index (χ0n) is 14.1. The molecule has 3 rings (SSSR count). The Labute approximate surface area is 154 Å². The first-order valence-electron chi connectivity index (χ1n) is 8.02. The number of nitrogens with zero attached hydrogens (tertiary/aromatic N) is 3. The largest absolute Gasteiger partial charge is 0.351 e. The summed E-state index contributed by atoms with van der Waals surface area (Å²) >= 11 is 1.15. The second-order valence-electron chi connectivity index (χ2n) is 5.82. The summed E-state index contributed by atoms with van der Waals surface area (Å²) in [7, 11) is 1.70. The number of aromatic nitrogens is 2. The zero-order chi connectivity index (χ0) is 18.5. The highest BCUT2D eigenvalue weighted by molar-refractivity contribution is 7.00. The van der Waals surface area contributed by atoms with Crippen LogP contribution in [0, 0.1) is 5.82 Å². The first-order valence-corrected chi connectivity index (χ1v) is 8.75. The minimum atomic E-state index is -0.583. The van der Waals surface area contributed by atoms with Crippen LogP contribution in [0.25, 0.3) is 11.0 Å². The molecular weight excluding hydrogens is 355 g/mol. The molecule has 1 N–H and O–H groups in total. The summed E-state index contributed by atoms with van der Waals surface area (Å²) in [4.78, 5) is 25.7. The van der Waals surface area contributed by atoms with Gasteiger partial charge in [-0.15, -0.1) is 0 Å². The lowest BCUT2D eigenvalue weighted by molar-refractivity contribution is -0.130. The van der Waals surface area contributed by atoms with Crippen LogP contribution >= 0.6 is 11.7 Å². The van der Waals surface area contributed by atoms with Crippen LogP contribution in [-0.4, -0.2) is 39.1 Å². The number of benzene rings is 2. The van der Waals surface area contributed by atoms with Gasteiger partial charge in [-0.25, -0.2) is 4.39 Å². The van der Waals surface area contributed by atoms with Crippen molar-refractivity contribution in [1.82, 2.24) is 19.0 Å². The normalized spacial score (nSPS) is 10.7. The third-order valence-corrected chi connectivity index (χ3v) is 4.46. The molecule has 0 radical (unpaired) electrons. The summed E-state index contributed by atoms with van der Waals surface area (Å²) in [6.07, 6.45) is 0.136. The van der Waals surface area contributed by atoms with E-state index < -0.39 is 11.7 Å². The Balaban J connectivity index is 1.49. The molecule has 2 aromatic carbocycles. The number of amides is 2. The number of fused-ring (bicyclic) bond motifs is 1. The van der Waals surface area contributed by atoms with Crippen LogP contribution in [0.3, 0.4) is 0 Å². The second kappa shape index (κ2) is 8.01. The molecule has 0 saturated heterocycles. The lowest BCUT2D eigenvalue weighted by Gasteiger charge is -2.17. The topological polar surface area (TPSA) is 75.2 Å². The molecule has 8 heteroatoms. The molecule has 6 nitrogen and oxygen atoms in total. The van der Waals surface area contributed by atoms with E-state index in [1.165, 1.54) is 18.2 Å². The molecule has 0 unspecified atom stereocenters. The molecule has 0 fully saturated rings. The smallest absolute Gasteiger partial charge is 0.254 e. The van der Waals surface area contributed by atoms with Gasteiger partial charge >= 0.3 is 0 Å². The Morgan fingerprint density at radius 3 is 2.73 bits per heavy atom. The van der Waals surface area contributed by atoms with Crippen LogP contribution < -0.4 is 5.32 Å². The molecule has 1 heterocycles. The highest BCUT2D eigenvalue weighted by Crippen LogP contribution is 2.15. The Kier molecular flexibility index (Phi) is 5.52. The van der Waals surface area contributed by atoms with E-state index in [4.69, 9.17) is 0 Å². The van der Waals surface area contributed by atoms with Crippen molar-refractivity contribution >= 4 is 34.6 Å². The van der Waals surface area contributed by atoms with Crippen molar-refractivity contribution in [3.8, 4) is 0 Å². The Morgan fingerprint density at radius 1 is 1.15 bits per heavy atom. The fraction of sp³-hybridized carbons (Fsp3) is 0.222. The number of hydrogen-bond acceptors (Lipinski definition) is 5. The molecule has 0 saturated carbocycles. The number of hydrogen-bond donors (Lipinski definition) is 1. The lowest BCUT2D eigenvalue weighted by atomic mass is 10.2. The van der Waals surface area contributed by atoms with Gasteiger partial charge in [-0.05, 0) is 29.8 Å². The van der Waals surface area contributed by atoms with Crippen LogP contribution in [0.2, 0.25) is 0 Å². The minimum Gasteiger partial charge on any atom is -0.351 e. The molecule has 0 aliphatic rings. The molecule has 0 bridgehead atoms. The molecule has 1 aromatic heterocycles. The average Bonchev–Trinajstić information content (AvgIpc) is 3.09. The summed E-state index contributed by atoms with van der Waals surface area (Å²) in [5.74, 6) is -1.23. The maximum Gasteiger partial charge on any atom is 0.254 e. The monoisotopic (exact) mass is 372 g/mol. The molecule has 26 heavy (non-hydrogen) atoms. The average molecular weight is 372 g/mol. The number of nitrogens with one attached hydrogen (secondary N) is 1. The summed E-state index contributed by atoms with van der Waals surface area (Å²) in [6, 6.07) is 11.4. The van der Waals surface area contributed by atoms with Crippen LogP contribution in [0.1, 0.15) is 22.3 Å². The van der Waals surface area contributed by atoms with Crippen molar-refractivity contribution in [2.75, 3.05) is 13.6 Å². The van der Waals surface area contributed by atoms with Gasteiger partial charge in [0.2, 0.25) is 5.91 Å². The van der Waals surface area contributed by atoms with Crippen LogP contribution in [0.5, 0.6) is 0 Å². The summed E-state index contributed by atoms with van der Waals surface area (Å²) in [6.45, 7) is 0.582. The number of rotatable bonds is 6. The minimum absolute atomic E-state index is 0.0292. The van der Waals surface area contributed by atoms with Gasteiger partial charge in [0.15, 0.2) is 0 Å². The predicted molar refractivity (Wildman–Crippen MR) is 97.2 cm³/mol. The Bertz CT molecular complexity index is 944. The summed E-state index contributed by atoms with van der Waals surface area (Å²) in [5, 5.41) is 2.57. The molecule has 0 aliphatic heterocycles. The fourth-order valence-electron chi connectivity index (χ4n) is 2.50. The van der Waals surface area contributed by atoms with Crippen molar-refractivity contribution < 1.29 is 14.0 Å². The molecule has 2 amide bonds. The van der Waals surface area contributed by atoms with E-state index >= 15 is 0 Å². The molecular formula is C18H17FN4O2S. The first kappa shape index (κ1) is 17.9. The quantitative estimate of drug-likeness (QED) is 0.722. The van der Waals surface area contributed by atoms with E-state index in [0.29, 0.717) is 6.54 Å². The van der Waals surface area contributed by atoms with Gasteiger partial charge in [0, 0.05) is 26.6 Å². The number of carbonyl (C=O) groups excluding carboxylic acids is 2. The van der Waals surface area contributed by atoms with Crippen molar-refractivity contribution in [3.63, 3.8) is 0 Å². The van der Waals surface area contributed by atoms with Crippen molar-refractivity contribution in [3.05, 3.63) is 59.4 Å². The molecule has 0 atom stereocenters. The molecule has 134 valence electrons. The van der Waals surface area contributed by atoms with Crippen LogP contribution in [0.4, 0.5) is 4.39 Å². The van der Waals surface area contributed by atoms with Gasteiger partial charge < -0.3 is 10.2 Å². The number of halogens is 1. The van der Waals surface area contributed by atoms with E-state index in [1.54, 1.807) is 18.0 Å². The SMILES string of the molecule is CN(Cc1ccc2nsnc2c1)C(=O)CCNC(=O)c1ccccc1F. The number of carbonyl (C=O) groups is 2. The van der Waals surface area contributed by atoms with E-state index in [2.05, 4.69) is 14.1 Å². The van der Waals surface area contributed by atoms with Gasteiger partial charge in [-0.2, -0.15) is 8.75 Å². The van der Waals surface area contributed by atoms with Crippen molar-refractivity contribution in [1.29, 1.82) is 0 Å². The predicted octanol–water partition coefficient (Wildman–Crippen LogP) is 2.61. The van der Waals surface area contributed by atoms with Crippen molar-refractivity contribution in [2.24, 2.45) is 0 Å². The maximum absolute atomic E-state index is 13.5. The molecule has 3 aromatic rings. The van der Waals surface area contributed by atoms with E-state index in [-0.39, 0.29) is 24.4 Å². The Morgan fingerprint density at radius 2 is 1.92 bits per heavy atom. The van der Waals surface area contributed by atoms with Gasteiger partial charge in [0.25, 0.3) is 5.91 Å². The highest BCUT2D eigenvalue weighted by Gasteiger charge is 2.13. The van der Waals surface area contributed by atoms with Gasteiger partial charge in [-0.1, -0.05) is 18.2 Å². The third kappa shape index (κ3) is 4.20. The van der Waals surface area contributed by atoms with Gasteiger partial charge in [-0.3, -0.25) is 9.59 Å².